The van der Waals surface area contributed by atoms with Crippen LogP contribution in [0.4, 0.5) is 0 Å². The van der Waals surface area contributed by atoms with Crippen LogP contribution in [0.1, 0.15) is 28.5 Å². The second-order valence-electron chi connectivity index (χ2n) is 6.35. The Kier molecular flexibility index (Phi) is 4.50. The monoisotopic (exact) mass is 360 g/mol. The summed E-state index contributed by atoms with van der Waals surface area (Å²) in [7, 11) is 0. The third kappa shape index (κ3) is 3.24. The van der Waals surface area contributed by atoms with Gasteiger partial charge in [0.25, 0.3) is 0 Å². The summed E-state index contributed by atoms with van der Waals surface area (Å²) in [4.78, 5) is 19.8. The number of aromatic amines is 1. The molecule has 0 saturated carbocycles. The number of pyridine rings is 1. The maximum atomic E-state index is 12.2. The van der Waals surface area contributed by atoms with E-state index in [9.17, 15) is 4.79 Å². The van der Waals surface area contributed by atoms with Gasteiger partial charge in [-0.3, -0.25) is 0 Å². The molecule has 0 radical (unpaired) electrons. The first kappa shape index (κ1) is 17.1. The van der Waals surface area contributed by atoms with E-state index >= 15 is 0 Å². The lowest BCUT2D eigenvalue weighted by Gasteiger charge is -2.07. The van der Waals surface area contributed by atoms with Crippen LogP contribution in [0.5, 0.6) is 5.75 Å². The molecular formula is C22H20N2O3. The molecule has 2 aromatic heterocycles. The van der Waals surface area contributed by atoms with E-state index < -0.39 is 5.97 Å². The standard InChI is InChI=1S/C22H20N2O3/c1-3-26-22(25)21-14(2)20-17-11-16(27-13-15-7-5-4-6-8-15)9-10-18(17)24-19(20)12-23-21/h4-12,24H,3,13H2,1-2H3. The molecule has 0 fully saturated rings. The van der Waals surface area contributed by atoms with Gasteiger partial charge in [0, 0.05) is 16.3 Å². The number of carbonyl (C=O) groups excluding carboxylic acids is 1. The minimum atomic E-state index is -0.400. The SMILES string of the molecule is CCOC(=O)c1ncc2[nH]c3ccc(OCc4ccccc4)cc3c2c1C. The van der Waals surface area contributed by atoms with E-state index in [4.69, 9.17) is 9.47 Å². The lowest BCUT2D eigenvalue weighted by Crippen LogP contribution is -2.09. The van der Waals surface area contributed by atoms with Crippen molar-refractivity contribution in [1.29, 1.82) is 0 Å². The fourth-order valence-corrected chi connectivity index (χ4v) is 3.27. The Morgan fingerprint density at radius 3 is 2.70 bits per heavy atom. The number of hydrogen-bond acceptors (Lipinski definition) is 4. The van der Waals surface area contributed by atoms with Crippen LogP contribution >= 0.6 is 0 Å². The highest BCUT2D eigenvalue weighted by Gasteiger charge is 2.17. The molecule has 2 heterocycles. The van der Waals surface area contributed by atoms with Crippen LogP contribution in [0.3, 0.4) is 0 Å². The number of aryl methyl sites for hydroxylation is 1. The molecule has 5 heteroatoms. The van der Waals surface area contributed by atoms with Gasteiger partial charge in [-0.1, -0.05) is 30.3 Å². The van der Waals surface area contributed by atoms with Gasteiger partial charge in [0.15, 0.2) is 5.69 Å². The van der Waals surface area contributed by atoms with Crippen LogP contribution in [-0.4, -0.2) is 22.5 Å². The molecule has 0 bridgehead atoms. The van der Waals surface area contributed by atoms with Gasteiger partial charge in [-0.05, 0) is 43.2 Å². The molecule has 5 nitrogen and oxygen atoms in total. The molecule has 0 saturated heterocycles. The number of fused-ring (bicyclic) bond motifs is 3. The molecule has 4 rings (SSSR count). The zero-order valence-electron chi connectivity index (χ0n) is 15.3. The Morgan fingerprint density at radius 1 is 1.11 bits per heavy atom. The Labute approximate surface area is 156 Å². The van der Waals surface area contributed by atoms with Crippen molar-refractivity contribution in [2.75, 3.05) is 6.61 Å². The zero-order chi connectivity index (χ0) is 18.8. The van der Waals surface area contributed by atoms with Gasteiger partial charge in [0.05, 0.1) is 18.3 Å². The summed E-state index contributed by atoms with van der Waals surface area (Å²) in [5.74, 6) is 0.379. The van der Waals surface area contributed by atoms with Crippen molar-refractivity contribution in [3.05, 3.63) is 71.5 Å². The van der Waals surface area contributed by atoms with Crippen LogP contribution in [0.15, 0.2) is 54.7 Å². The Morgan fingerprint density at radius 2 is 1.93 bits per heavy atom. The Bertz CT molecular complexity index is 1120. The second-order valence-corrected chi connectivity index (χ2v) is 6.35. The van der Waals surface area contributed by atoms with E-state index in [0.717, 1.165) is 38.7 Å². The molecule has 0 amide bonds. The molecule has 136 valence electrons. The predicted octanol–water partition coefficient (Wildman–Crippen LogP) is 4.78. The van der Waals surface area contributed by atoms with Crippen LogP contribution in [0.25, 0.3) is 21.8 Å². The molecule has 0 aliphatic carbocycles. The number of benzene rings is 2. The highest BCUT2D eigenvalue weighted by molar-refractivity contribution is 6.11. The average Bonchev–Trinajstić information content (AvgIpc) is 3.06. The summed E-state index contributed by atoms with van der Waals surface area (Å²) < 4.78 is 11.1. The Hall–Kier alpha value is -3.34. The Balaban J connectivity index is 1.74. The number of carbonyl (C=O) groups is 1. The lowest BCUT2D eigenvalue weighted by molar-refractivity contribution is 0.0519. The zero-order valence-corrected chi connectivity index (χ0v) is 15.3. The molecule has 0 aliphatic heterocycles. The molecule has 0 spiro atoms. The molecule has 27 heavy (non-hydrogen) atoms. The maximum absolute atomic E-state index is 12.2. The first-order valence-electron chi connectivity index (χ1n) is 8.92. The number of hydrogen-bond donors (Lipinski definition) is 1. The van der Waals surface area contributed by atoms with Crippen molar-refractivity contribution in [3.63, 3.8) is 0 Å². The number of nitrogens with one attached hydrogen (secondary N) is 1. The lowest BCUT2D eigenvalue weighted by atomic mass is 10.1. The van der Waals surface area contributed by atoms with Crippen molar-refractivity contribution in [3.8, 4) is 5.75 Å². The van der Waals surface area contributed by atoms with E-state index in [1.165, 1.54) is 0 Å². The van der Waals surface area contributed by atoms with Gasteiger partial charge < -0.3 is 14.5 Å². The third-order valence-corrected chi connectivity index (χ3v) is 4.57. The van der Waals surface area contributed by atoms with Gasteiger partial charge in [0.1, 0.15) is 12.4 Å². The summed E-state index contributed by atoms with van der Waals surface area (Å²) in [6.45, 7) is 4.51. The molecule has 0 unspecified atom stereocenters. The van der Waals surface area contributed by atoms with Gasteiger partial charge in [-0.25, -0.2) is 9.78 Å². The van der Waals surface area contributed by atoms with Crippen molar-refractivity contribution in [1.82, 2.24) is 9.97 Å². The number of rotatable bonds is 5. The largest absolute Gasteiger partial charge is 0.489 e. The molecule has 1 N–H and O–H groups in total. The van der Waals surface area contributed by atoms with Crippen molar-refractivity contribution < 1.29 is 14.3 Å². The highest BCUT2D eigenvalue weighted by Crippen LogP contribution is 2.32. The van der Waals surface area contributed by atoms with Gasteiger partial charge in [-0.2, -0.15) is 0 Å². The number of ether oxygens (including phenoxy) is 2. The third-order valence-electron chi connectivity index (χ3n) is 4.57. The van der Waals surface area contributed by atoms with Crippen molar-refractivity contribution >= 4 is 27.8 Å². The summed E-state index contributed by atoms with van der Waals surface area (Å²) in [6.07, 6.45) is 1.68. The van der Waals surface area contributed by atoms with Gasteiger partial charge >= 0.3 is 5.97 Å². The first-order chi connectivity index (χ1) is 13.2. The summed E-state index contributed by atoms with van der Waals surface area (Å²) >= 11 is 0. The van der Waals surface area contributed by atoms with Gasteiger partial charge in [-0.15, -0.1) is 0 Å². The molecule has 0 aliphatic rings. The fourth-order valence-electron chi connectivity index (χ4n) is 3.27. The highest BCUT2D eigenvalue weighted by atomic mass is 16.5. The topological polar surface area (TPSA) is 64.2 Å². The number of aromatic nitrogens is 2. The van der Waals surface area contributed by atoms with E-state index in [-0.39, 0.29) is 0 Å². The maximum Gasteiger partial charge on any atom is 0.357 e. The predicted molar refractivity (Wildman–Crippen MR) is 105 cm³/mol. The van der Waals surface area contributed by atoms with E-state index in [2.05, 4.69) is 9.97 Å². The van der Waals surface area contributed by atoms with E-state index in [1.54, 1.807) is 13.1 Å². The molecule has 0 atom stereocenters. The molecular weight excluding hydrogens is 340 g/mol. The quantitative estimate of drug-likeness (QED) is 0.520. The van der Waals surface area contributed by atoms with E-state index in [1.807, 2.05) is 55.5 Å². The van der Waals surface area contributed by atoms with Crippen LogP contribution in [-0.2, 0) is 11.3 Å². The van der Waals surface area contributed by atoms with Crippen LogP contribution < -0.4 is 4.74 Å². The summed E-state index contributed by atoms with van der Waals surface area (Å²) in [5, 5.41) is 1.97. The summed E-state index contributed by atoms with van der Waals surface area (Å²) in [5.41, 5.74) is 4.12. The smallest absolute Gasteiger partial charge is 0.357 e. The minimum absolute atomic E-state index is 0.323. The fraction of sp³-hybridized carbons (Fsp3) is 0.182. The van der Waals surface area contributed by atoms with E-state index in [0.29, 0.717) is 18.9 Å². The molecule has 4 aromatic rings. The first-order valence-corrected chi connectivity index (χ1v) is 8.92. The average molecular weight is 360 g/mol. The molecule has 2 aromatic carbocycles. The minimum Gasteiger partial charge on any atom is -0.489 e. The number of nitrogens with zero attached hydrogens (tertiary/aromatic N) is 1. The van der Waals surface area contributed by atoms with Crippen LogP contribution in [0.2, 0.25) is 0 Å². The number of H-pyrrole nitrogens is 1. The summed E-state index contributed by atoms with van der Waals surface area (Å²) in [6, 6.07) is 16.0. The van der Waals surface area contributed by atoms with Crippen molar-refractivity contribution in [2.24, 2.45) is 0 Å². The second kappa shape index (κ2) is 7.11. The van der Waals surface area contributed by atoms with Gasteiger partial charge in [0.2, 0.25) is 0 Å². The normalized spacial score (nSPS) is 11.0. The number of esters is 1. The van der Waals surface area contributed by atoms with Crippen molar-refractivity contribution in [2.45, 2.75) is 20.5 Å². The van der Waals surface area contributed by atoms with Crippen LogP contribution in [0, 0.1) is 6.92 Å².